The molecule has 1 aromatic carbocycles. The van der Waals surface area contributed by atoms with Crippen molar-refractivity contribution in [1.82, 2.24) is 20.2 Å². The molecule has 3 N–H and O–H groups in total. The molecule has 3 heterocycles. The first-order valence-electron chi connectivity index (χ1n) is 10.9. The Morgan fingerprint density at radius 3 is 2.84 bits per heavy atom. The number of hydrogen-bond acceptors (Lipinski definition) is 4. The zero-order valence-corrected chi connectivity index (χ0v) is 18.6. The summed E-state index contributed by atoms with van der Waals surface area (Å²) < 4.78 is 21.8. The van der Waals surface area contributed by atoms with Gasteiger partial charge in [0.15, 0.2) is 0 Å². The van der Waals surface area contributed by atoms with E-state index in [1.807, 2.05) is 35.8 Å². The Morgan fingerprint density at radius 2 is 2.09 bits per heavy atom. The van der Waals surface area contributed by atoms with Gasteiger partial charge in [-0.3, -0.25) is 9.59 Å². The van der Waals surface area contributed by atoms with Gasteiger partial charge in [0.1, 0.15) is 11.9 Å². The minimum atomic E-state index is -0.915. The van der Waals surface area contributed by atoms with Gasteiger partial charge in [0.05, 0.1) is 24.8 Å². The number of benzene rings is 1. The van der Waals surface area contributed by atoms with E-state index < -0.39 is 6.17 Å². The predicted molar refractivity (Wildman–Crippen MR) is 122 cm³/mol. The van der Waals surface area contributed by atoms with Crippen LogP contribution in [0, 0.1) is 19.8 Å². The van der Waals surface area contributed by atoms with Crippen LogP contribution in [0.25, 0.3) is 10.9 Å². The molecule has 32 heavy (non-hydrogen) atoms. The fourth-order valence-corrected chi connectivity index (χ4v) is 4.56. The van der Waals surface area contributed by atoms with E-state index in [0.717, 1.165) is 29.6 Å². The van der Waals surface area contributed by atoms with Crippen LogP contribution in [0.4, 0.5) is 4.39 Å². The lowest BCUT2D eigenvalue weighted by Gasteiger charge is -2.27. The van der Waals surface area contributed by atoms with Gasteiger partial charge < -0.3 is 24.9 Å². The maximum Gasteiger partial charge on any atom is 0.256 e. The van der Waals surface area contributed by atoms with E-state index in [-0.39, 0.29) is 23.9 Å². The second-order valence-corrected chi connectivity index (χ2v) is 8.37. The van der Waals surface area contributed by atoms with Gasteiger partial charge in [-0.25, -0.2) is 4.39 Å². The highest BCUT2D eigenvalue weighted by Crippen LogP contribution is 2.29. The molecule has 1 fully saturated rings. The number of aromatic amines is 1. The Kier molecular flexibility index (Phi) is 6.32. The fourth-order valence-electron chi connectivity index (χ4n) is 4.56. The number of carbonyl (C=O) groups is 1. The number of nitrogens with one attached hydrogen (secondary N) is 3. The van der Waals surface area contributed by atoms with Crippen molar-refractivity contribution < 1.29 is 13.9 Å². The lowest BCUT2D eigenvalue weighted by atomic mass is 9.96. The molecule has 4 rings (SSSR count). The predicted octanol–water partition coefficient (Wildman–Crippen LogP) is 2.83. The topological polar surface area (TPSA) is 88.2 Å². The number of nitrogens with zero attached hydrogens (tertiary/aromatic N) is 1. The van der Waals surface area contributed by atoms with Crippen LogP contribution in [0.2, 0.25) is 0 Å². The second kappa shape index (κ2) is 9.16. The molecule has 2 unspecified atom stereocenters. The van der Waals surface area contributed by atoms with Crippen molar-refractivity contribution in [3.05, 3.63) is 63.2 Å². The highest BCUT2D eigenvalue weighted by molar-refractivity contribution is 6.08. The molecular weight excluding hydrogens is 411 g/mol. The van der Waals surface area contributed by atoms with Crippen LogP contribution in [-0.4, -0.2) is 41.8 Å². The summed E-state index contributed by atoms with van der Waals surface area (Å²) in [5, 5.41) is 6.78. The Bertz CT molecular complexity index is 1200. The molecule has 1 amide bonds. The fraction of sp³-hybridized carbons (Fsp3) is 0.417. The van der Waals surface area contributed by atoms with Crippen LogP contribution in [0.3, 0.4) is 0 Å². The average molecular weight is 441 g/mol. The number of hydrogen-bond donors (Lipinski definition) is 3. The number of aromatic nitrogens is 2. The number of pyridine rings is 1. The lowest BCUT2D eigenvalue weighted by molar-refractivity contribution is 0.0951. The van der Waals surface area contributed by atoms with Gasteiger partial charge in [-0.05, 0) is 38.9 Å². The molecule has 0 bridgehead atoms. The van der Waals surface area contributed by atoms with E-state index in [1.165, 1.54) is 7.11 Å². The summed E-state index contributed by atoms with van der Waals surface area (Å²) in [7, 11) is 1.50. The molecule has 8 heteroatoms. The average Bonchev–Trinajstić information content (AvgIpc) is 3.05. The Morgan fingerprint density at radius 1 is 1.31 bits per heavy atom. The summed E-state index contributed by atoms with van der Waals surface area (Å²) in [6.45, 7) is 5.38. The van der Waals surface area contributed by atoms with Crippen molar-refractivity contribution in [2.75, 3.05) is 20.2 Å². The van der Waals surface area contributed by atoms with E-state index in [4.69, 9.17) is 4.74 Å². The van der Waals surface area contributed by atoms with Crippen molar-refractivity contribution in [3.63, 3.8) is 0 Å². The first-order valence-corrected chi connectivity index (χ1v) is 10.9. The smallest absolute Gasteiger partial charge is 0.256 e. The van der Waals surface area contributed by atoms with Crippen LogP contribution in [0.15, 0.2) is 35.1 Å². The molecule has 1 aliphatic heterocycles. The molecule has 0 radical (unpaired) electrons. The van der Waals surface area contributed by atoms with Gasteiger partial charge in [-0.2, -0.15) is 0 Å². The molecule has 2 atom stereocenters. The zero-order valence-electron chi connectivity index (χ0n) is 18.6. The first-order chi connectivity index (χ1) is 15.4. The van der Waals surface area contributed by atoms with Gasteiger partial charge in [0.25, 0.3) is 11.5 Å². The van der Waals surface area contributed by atoms with Crippen LogP contribution in [-0.2, 0) is 13.1 Å². The third-order valence-electron chi connectivity index (χ3n) is 6.29. The summed E-state index contributed by atoms with van der Waals surface area (Å²) in [4.78, 5) is 28.4. The number of methoxy groups -OCH3 is 1. The maximum absolute atomic E-state index is 14.5. The Balaban J connectivity index is 1.64. The van der Waals surface area contributed by atoms with Crippen LogP contribution < -0.4 is 20.9 Å². The largest absolute Gasteiger partial charge is 0.496 e. The van der Waals surface area contributed by atoms with Crippen LogP contribution in [0.1, 0.15) is 33.7 Å². The molecule has 170 valence electrons. The van der Waals surface area contributed by atoms with Crippen LogP contribution in [0.5, 0.6) is 5.75 Å². The van der Waals surface area contributed by atoms with E-state index in [2.05, 4.69) is 15.6 Å². The standard InChI is InChI=1S/C24H29FN4O3/c1-14-10-21(32-3)18(23(30)28-14)11-27-24(31)22-15(2)29(20-7-5-4-6-17(20)22)13-16-8-9-26-12-19(16)25/h4-7,10,16,19,26H,8-9,11-13H2,1-3H3,(H,27,31)(H,28,30). The summed E-state index contributed by atoms with van der Waals surface area (Å²) in [5.74, 6) is 0.0595. The highest BCUT2D eigenvalue weighted by atomic mass is 19.1. The van der Waals surface area contributed by atoms with Crippen molar-refractivity contribution in [2.45, 2.75) is 39.5 Å². The lowest BCUT2D eigenvalue weighted by Crippen LogP contribution is -2.39. The quantitative estimate of drug-likeness (QED) is 0.550. The number of aryl methyl sites for hydroxylation is 1. The number of halogens is 1. The van der Waals surface area contributed by atoms with Gasteiger partial charge in [-0.1, -0.05) is 18.2 Å². The van der Waals surface area contributed by atoms with Crippen LogP contribution >= 0.6 is 0 Å². The molecular formula is C24H29FN4O3. The molecule has 1 saturated heterocycles. The Labute approximate surface area is 186 Å². The normalized spacial score (nSPS) is 18.6. The van der Waals surface area contributed by atoms with E-state index in [1.54, 1.807) is 13.0 Å². The first kappa shape index (κ1) is 22.1. The van der Waals surface area contributed by atoms with Crippen molar-refractivity contribution in [3.8, 4) is 5.75 Å². The number of carbonyl (C=O) groups excluding carboxylic acids is 1. The monoisotopic (exact) mass is 440 g/mol. The molecule has 3 aromatic rings. The molecule has 0 spiro atoms. The number of amides is 1. The molecule has 0 saturated carbocycles. The zero-order chi connectivity index (χ0) is 22.8. The van der Waals surface area contributed by atoms with Crippen molar-refractivity contribution >= 4 is 16.8 Å². The molecule has 1 aliphatic rings. The molecule has 2 aromatic heterocycles. The summed E-state index contributed by atoms with van der Waals surface area (Å²) in [6.07, 6.45) is -0.160. The van der Waals surface area contributed by atoms with Crippen molar-refractivity contribution in [2.24, 2.45) is 5.92 Å². The maximum atomic E-state index is 14.5. The van der Waals surface area contributed by atoms with E-state index in [0.29, 0.717) is 35.7 Å². The van der Waals surface area contributed by atoms with E-state index in [9.17, 15) is 14.0 Å². The van der Waals surface area contributed by atoms with Gasteiger partial charge >= 0.3 is 0 Å². The summed E-state index contributed by atoms with van der Waals surface area (Å²) >= 11 is 0. The highest BCUT2D eigenvalue weighted by Gasteiger charge is 2.28. The van der Waals surface area contributed by atoms with E-state index >= 15 is 0 Å². The van der Waals surface area contributed by atoms with Gasteiger partial charge in [0, 0.05) is 41.3 Å². The number of ether oxygens (including phenoxy) is 1. The number of H-pyrrole nitrogens is 1. The number of fused-ring (bicyclic) bond motifs is 1. The molecule has 0 aliphatic carbocycles. The number of rotatable bonds is 6. The second-order valence-electron chi connectivity index (χ2n) is 8.37. The minimum Gasteiger partial charge on any atom is -0.496 e. The van der Waals surface area contributed by atoms with Gasteiger partial charge in [0.2, 0.25) is 0 Å². The summed E-state index contributed by atoms with van der Waals surface area (Å²) in [5.41, 5.74) is 3.01. The van der Waals surface area contributed by atoms with Gasteiger partial charge in [-0.15, -0.1) is 0 Å². The number of alkyl halides is 1. The third-order valence-corrected chi connectivity index (χ3v) is 6.29. The Hall–Kier alpha value is -3.13. The number of para-hydroxylation sites is 1. The number of piperidine rings is 1. The summed E-state index contributed by atoms with van der Waals surface area (Å²) in [6, 6.07) is 9.40. The minimum absolute atomic E-state index is 0.0391. The third kappa shape index (κ3) is 4.14. The molecule has 7 nitrogen and oxygen atoms in total. The van der Waals surface area contributed by atoms with Crippen molar-refractivity contribution in [1.29, 1.82) is 0 Å². The SMILES string of the molecule is COc1cc(C)[nH]c(=O)c1CNC(=O)c1c(C)n(CC2CCNCC2F)c2ccccc12.